The van der Waals surface area contributed by atoms with Gasteiger partial charge < -0.3 is 5.73 Å². The van der Waals surface area contributed by atoms with Crippen molar-refractivity contribution in [3.63, 3.8) is 0 Å². The Balaban J connectivity index is 2.43. The van der Waals surface area contributed by atoms with Crippen molar-refractivity contribution in [1.29, 1.82) is 0 Å². The fourth-order valence-corrected chi connectivity index (χ4v) is 5.69. The van der Waals surface area contributed by atoms with E-state index in [1.165, 1.54) is 6.07 Å². The molecule has 1 fully saturated rings. The number of hydrogen-bond donors (Lipinski definition) is 1. The third kappa shape index (κ3) is 3.45. The Kier molecular flexibility index (Phi) is 4.74. The van der Waals surface area contributed by atoms with E-state index in [4.69, 9.17) is 5.73 Å². The Bertz CT molecular complexity index is 751. The fourth-order valence-electron chi connectivity index (χ4n) is 2.03. The number of sulfone groups is 1. The molecule has 0 saturated carbocycles. The van der Waals surface area contributed by atoms with Gasteiger partial charge in [-0.3, -0.25) is 0 Å². The first-order valence-corrected chi connectivity index (χ1v) is 10.1. The van der Waals surface area contributed by atoms with Crippen LogP contribution in [0.5, 0.6) is 0 Å². The molecular weight excluding hydrogens is 387 g/mol. The van der Waals surface area contributed by atoms with Gasteiger partial charge in [-0.25, -0.2) is 21.2 Å². The van der Waals surface area contributed by atoms with Crippen molar-refractivity contribution in [2.24, 2.45) is 5.73 Å². The second kappa shape index (κ2) is 5.92. The maximum atomic E-state index is 14.2. The van der Waals surface area contributed by atoms with Crippen LogP contribution in [0.25, 0.3) is 0 Å². The number of nitrogens with two attached hydrogens (primary N) is 1. The molecule has 0 aliphatic carbocycles. The molecular formula is C11H14BrFN2O4S2. The van der Waals surface area contributed by atoms with Crippen LogP contribution >= 0.6 is 15.9 Å². The lowest BCUT2D eigenvalue weighted by molar-refractivity contribution is 0.426. The molecule has 2 N–H and O–H groups in total. The van der Waals surface area contributed by atoms with Gasteiger partial charge >= 0.3 is 0 Å². The van der Waals surface area contributed by atoms with Gasteiger partial charge in [0.05, 0.1) is 11.5 Å². The van der Waals surface area contributed by atoms with Crippen molar-refractivity contribution in [2.45, 2.75) is 11.4 Å². The molecule has 118 valence electrons. The zero-order valence-corrected chi connectivity index (χ0v) is 14.1. The molecule has 21 heavy (non-hydrogen) atoms. The van der Waals surface area contributed by atoms with E-state index in [1.807, 2.05) is 0 Å². The zero-order chi connectivity index (χ0) is 15.8. The second-order valence-electron chi connectivity index (χ2n) is 4.64. The fraction of sp³-hybridized carbons (Fsp3) is 0.455. The van der Waals surface area contributed by atoms with Crippen LogP contribution in [0.3, 0.4) is 0 Å². The number of sulfonamides is 1. The standard InChI is InChI=1S/C11H14BrFN2O4S2/c12-9-5-8(7-14)11(13)10(6-9)21(18,19)15-1-3-20(16,17)4-2-15/h5-6H,1-4,7,14H2. The molecule has 1 aromatic carbocycles. The summed E-state index contributed by atoms with van der Waals surface area (Å²) in [6.45, 7) is -0.481. The highest BCUT2D eigenvalue weighted by Gasteiger charge is 2.33. The highest BCUT2D eigenvalue weighted by Crippen LogP contribution is 2.27. The lowest BCUT2D eigenvalue weighted by Crippen LogP contribution is -2.43. The Hall–Kier alpha value is -0.550. The van der Waals surface area contributed by atoms with E-state index in [0.29, 0.717) is 4.47 Å². The molecule has 1 aliphatic rings. The quantitative estimate of drug-likeness (QED) is 0.794. The van der Waals surface area contributed by atoms with E-state index >= 15 is 0 Å². The van der Waals surface area contributed by atoms with E-state index in [9.17, 15) is 21.2 Å². The van der Waals surface area contributed by atoms with Gasteiger partial charge in [0, 0.05) is 29.7 Å². The minimum Gasteiger partial charge on any atom is -0.326 e. The van der Waals surface area contributed by atoms with Crippen molar-refractivity contribution in [3.8, 4) is 0 Å². The summed E-state index contributed by atoms with van der Waals surface area (Å²) in [5.74, 6) is -1.41. The highest BCUT2D eigenvalue weighted by molar-refractivity contribution is 9.10. The van der Waals surface area contributed by atoms with Crippen LogP contribution < -0.4 is 5.73 Å². The van der Waals surface area contributed by atoms with Crippen molar-refractivity contribution in [2.75, 3.05) is 24.6 Å². The summed E-state index contributed by atoms with van der Waals surface area (Å²) in [6.07, 6.45) is 0. The van der Waals surface area contributed by atoms with Gasteiger partial charge in [-0.2, -0.15) is 4.31 Å². The van der Waals surface area contributed by atoms with Crippen LogP contribution in [0.4, 0.5) is 4.39 Å². The highest BCUT2D eigenvalue weighted by atomic mass is 79.9. The van der Waals surface area contributed by atoms with Crippen LogP contribution in [-0.4, -0.2) is 45.7 Å². The summed E-state index contributed by atoms with van der Waals surface area (Å²) in [4.78, 5) is -0.489. The van der Waals surface area contributed by atoms with Crippen LogP contribution in [0, 0.1) is 5.82 Å². The summed E-state index contributed by atoms with van der Waals surface area (Å²) in [6, 6.07) is 2.57. The molecule has 0 aromatic heterocycles. The summed E-state index contributed by atoms with van der Waals surface area (Å²) in [7, 11) is -7.31. The molecule has 0 bridgehead atoms. The smallest absolute Gasteiger partial charge is 0.246 e. The number of rotatable bonds is 3. The van der Waals surface area contributed by atoms with Crippen LogP contribution in [0.1, 0.15) is 5.56 Å². The lowest BCUT2D eigenvalue weighted by atomic mass is 10.2. The monoisotopic (exact) mass is 400 g/mol. The minimum absolute atomic E-state index is 0.0765. The summed E-state index contributed by atoms with van der Waals surface area (Å²) in [5, 5.41) is 0. The third-order valence-corrected chi connectivity index (χ3v) is 7.19. The molecule has 0 atom stereocenters. The predicted molar refractivity (Wildman–Crippen MR) is 79.4 cm³/mol. The summed E-state index contributed by atoms with van der Waals surface area (Å²) in [5.41, 5.74) is 5.47. The Morgan fingerprint density at radius 1 is 1.29 bits per heavy atom. The molecule has 2 rings (SSSR count). The topological polar surface area (TPSA) is 97.5 Å². The molecule has 6 nitrogen and oxygen atoms in total. The Morgan fingerprint density at radius 2 is 1.86 bits per heavy atom. The van der Waals surface area contributed by atoms with Crippen molar-refractivity contribution in [3.05, 3.63) is 28.0 Å². The number of nitrogens with zero attached hydrogens (tertiary/aromatic N) is 1. The first-order chi connectivity index (χ1) is 9.67. The molecule has 1 aliphatic heterocycles. The minimum atomic E-state index is -4.09. The van der Waals surface area contributed by atoms with E-state index in [2.05, 4.69) is 15.9 Å². The maximum absolute atomic E-state index is 14.2. The number of hydrogen-bond acceptors (Lipinski definition) is 5. The molecule has 0 amide bonds. The van der Waals surface area contributed by atoms with Gasteiger partial charge in [-0.1, -0.05) is 15.9 Å². The van der Waals surface area contributed by atoms with Gasteiger partial charge in [0.25, 0.3) is 0 Å². The van der Waals surface area contributed by atoms with Gasteiger partial charge in [0.15, 0.2) is 9.84 Å². The van der Waals surface area contributed by atoms with Gasteiger partial charge in [0.1, 0.15) is 10.7 Å². The number of halogens is 2. The Labute approximate surface area is 131 Å². The Morgan fingerprint density at radius 3 is 2.38 bits per heavy atom. The third-order valence-electron chi connectivity index (χ3n) is 3.22. The normalized spacial score (nSPS) is 19.6. The molecule has 0 spiro atoms. The molecule has 1 aromatic rings. The maximum Gasteiger partial charge on any atom is 0.246 e. The van der Waals surface area contributed by atoms with Gasteiger partial charge in [-0.15, -0.1) is 0 Å². The average molecular weight is 401 g/mol. The predicted octanol–water partition coefficient (Wildman–Crippen LogP) is 0.466. The second-order valence-corrected chi connectivity index (χ2v) is 9.76. The SMILES string of the molecule is NCc1cc(Br)cc(S(=O)(=O)N2CCS(=O)(=O)CC2)c1F. The molecule has 0 radical (unpaired) electrons. The molecule has 10 heteroatoms. The lowest BCUT2D eigenvalue weighted by Gasteiger charge is -2.26. The van der Waals surface area contributed by atoms with Crippen molar-refractivity contribution >= 4 is 35.8 Å². The van der Waals surface area contributed by atoms with E-state index in [0.717, 1.165) is 10.4 Å². The zero-order valence-electron chi connectivity index (χ0n) is 10.9. The van der Waals surface area contributed by atoms with Crippen molar-refractivity contribution < 1.29 is 21.2 Å². The van der Waals surface area contributed by atoms with E-state index in [-0.39, 0.29) is 36.7 Å². The molecule has 1 saturated heterocycles. The first kappa shape index (κ1) is 16.8. The molecule has 0 unspecified atom stereocenters. The van der Waals surface area contributed by atoms with E-state index < -0.39 is 30.6 Å². The van der Waals surface area contributed by atoms with Crippen LogP contribution in [0.15, 0.2) is 21.5 Å². The van der Waals surface area contributed by atoms with Gasteiger partial charge in [0.2, 0.25) is 10.0 Å². The van der Waals surface area contributed by atoms with Crippen LogP contribution in [-0.2, 0) is 26.4 Å². The average Bonchev–Trinajstić information content (AvgIpc) is 2.40. The largest absolute Gasteiger partial charge is 0.326 e. The van der Waals surface area contributed by atoms with Crippen LogP contribution in [0.2, 0.25) is 0 Å². The number of benzene rings is 1. The van der Waals surface area contributed by atoms with Gasteiger partial charge in [-0.05, 0) is 12.1 Å². The summed E-state index contributed by atoms with van der Waals surface area (Å²) < 4.78 is 63.3. The first-order valence-electron chi connectivity index (χ1n) is 6.06. The molecule has 1 heterocycles. The van der Waals surface area contributed by atoms with Crippen molar-refractivity contribution in [1.82, 2.24) is 4.31 Å². The van der Waals surface area contributed by atoms with E-state index in [1.54, 1.807) is 0 Å². The summed E-state index contributed by atoms with van der Waals surface area (Å²) >= 11 is 3.12.